The Kier molecular flexibility index (Phi) is 3.49. The summed E-state index contributed by atoms with van der Waals surface area (Å²) < 4.78 is 11.8. The molecule has 4 heteroatoms. The van der Waals surface area contributed by atoms with Crippen LogP contribution in [0.25, 0.3) is 0 Å². The van der Waals surface area contributed by atoms with Gasteiger partial charge in [0.15, 0.2) is 5.06 Å². The predicted molar refractivity (Wildman–Crippen MR) is 25.9 cm³/mol. The van der Waals surface area contributed by atoms with Crippen molar-refractivity contribution in [1.82, 2.24) is 0 Å². The van der Waals surface area contributed by atoms with Crippen LogP contribution in [0.5, 0.6) is 5.06 Å². The minimum absolute atomic E-state index is 0. The fourth-order valence-corrected chi connectivity index (χ4v) is 0.785. The minimum Gasteiger partial charge on any atom is -0.499 e. The van der Waals surface area contributed by atoms with Gasteiger partial charge in [-0.05, 0) is 0 Å². The molecule has 0 spiro atoms. The van der Waals surface area contributed by atoms with Crippen LogP contribution in [-0.4, -0.2) is 5.11 Å². The maximum Gasteiger partial charge on any atom is 0.174 e. The van der Waals surface area contributed by atoms with Crippen LogP contribution in [0.15, 0.2) is 11.4 Å². The summed E-state index contributed by atoms with van der Waals surface area (Å²) in [5, 5.41) is 9.70. The second-order valence-corrected chi connectivity index (χ2v) is 1.99. The molecule has 0 radical (unpaired) electrons. The first kappa shape index (κ1) is 8.31. The molecule has 0 bridgehead atoms. The zero-order chi connectivity index (χ0) is 5.28. The van der Waals surface area contributed by atoms with Crippen LogP contribution < -0.4 is 0 Å². The van der Waals surface area contributed by atoms with Crippen molar-refractivity contribution in [3.63, 3.8) is 0 Å². The zero-order valence-electron chi connectivity index (χ0n) is 3.89. The van der Waals surface area contributed by atoms with Gasteiger partial charge in [0.1, 0.15) is 5.82 Å². The molecule has 1 rings (SSSR count). The summed E-state index contributed by atoms with van der Waals surface area (Å²) >= 11 is 0.985. The van der Waals surface area contributed by atoms with E-state index in [4.69, 9.17) is 5.11 Å². The van der Waals surface area contributed by atoms with Gasteiger partial charge in [-0.25, -0.2) is 4.39 Å². The maximum absolute atomic E-state index is 11.8. The van der Waals surface area contributed by atoms with E-state index in [1.807, 2.05) is 0 Å². The van der Waals surface area contributed by atoms with E-state index in [1.165, 1.54) is 5.38 Å². The van der Waals surface area contributed by atoms with E-state index >= 15 is 0 Å². The van der Waals surface area contributed by atoms with Crippen LogP contribution in [0.4, 0.5) is 4.39 Å². The second-order valence-electron chi connectivity index (χ2n) is 1.10. The minimum atomic E-state index is -0.373. The molecule has 1 aromatic rings. The molecular formula is C4H3FOSZr. The second kappa shape index (κ2) is 3.36. The van der Waals surface area contributed by atoms with Crippen LogP contribution >= 0.6 is 11.3 Å². The molecule has 0 aliphatic carbocycles. The van der Waals surface area contributed by atoms with E-state index in [-0.39, 0.29) is 37.1 Å². The summed E-state index contributed by atoms with van der Waals surface area (Å²) in [5.41, 5.74) is 0. The van der Waals surface area contributed by atoms with Crippen LogP contribution in [0.2, 0.25) is 0 Å². The molecule has 0 aliphatic rings. The Morgan fingerprint density at radius 2 is 2.25 bits per heavy atom. The van der Waals surface area contributed by atoms with Gasteiger partial charge >= 0.3 is 0 Å². The topological polar surface area (TPSA) is 20.2 Å². The Balaban J connectivity index is 0.000000490. The van der Waals surface area contributed by atoms with Gasteiger partial charge in [0.05, 0.1) is 0 Å². The first-order valence-corrected chi connectivity index (χ1v) is 2.60. The third-order valence-electron chi connectivity index (χ3n) is 0.554. The average molecular weight is 209 g/mol. The monoisotopic (exact) mass is 208 g/mol. The standard InChI is InChI=1S/C4H3FOS.Zr/c5-3-1-4(6)7-2-3;/h1-2,6H;. The van der Waals surface area contributed by atoms with Gasteiger partial charge < -0.3 is 5.11 Å². The Morgan fingerprint density at radius 1 is 1.62 bits per heavy atom. The summed E-state index contributed by atoms with van der Waals surface area (Å²) in [4.78, 5) is 0. The van der Waals surface area contributed by atoms with Crippen molar-refractivity contribution in [3.05, 3.63) is 17.3 Å². The zero-order valence-corrected chi connectivity index (χ0v) is 7.16. The quantitative estimate of drug-likeness (QED) is 0.688. The van der Waals surface area contributed by atoms with Gasteiger partial charge in [-0.3, -0.25) is 0 Å². The van der Waals surface area contributed by atoms with Crippen molar-refractivity contribution in [3.8, 4) is 5.06 Å². The van der Waals surface area contributed by atoms with Gasteiger partial charge in [0.2, 0.25) is 0 Å². The normalized spacial score (nSPS) is 8.12. The van der Waals surface area contributed by atoms with E-state index < -0.39 is 0 Å². The van der Waals surface area contributed by atoms with E-state index in [0.29, 0.717) is 0 Å². The Labute approximate surface area is 69.3 Å². The first-order chi connectivity index (χ1) is 3.29. The molecule has 0 saturated heterocycles. The van der Waals surface area contributed by atoms with Crippen molar-refractivity contribution in [2.45, 2.75) is 0 Å². The molecule has 0 aliphatic heterocycles. The summed E-state index contributed by atoms with van der Waals surface area (Å²) in [5.74, 6) is -0.373. The third kappa shape index (κ3) is 2.05. The Hall–Kier alpha value is 0.313. The van der Waals surface area contributed by atoms with E-state index in [9.17, 15) is 4.39 Å². The number of thiophene rings is 1. The van der Waals surface area contributed by atoms with Crippen molar-refractivity contribution in [2.24, 2.45) is 0 Å². The average Bonchev–Trinajstić information content (AvgIpc) is 1.87. The molecular weight excluding hydrogens is 206 g/mol. The van der Waals surface area contributed by atoms with Crippen LogP contribution in [0, 0.1) is 5.82 Å². The number of hydrogen-bond donors (Lipinski definition) is 1. The molecule has 0 atom stereocenters. The van der Waals surface area contributed by atoms with Gasteiger partial charge in [-0.1, -0.05) is 0 Å². The SMILES string of the molecule is Oc1cc(F)cs1.[Zr]. The molecule has 1 aromatic heterocycles. The molecule has 1 heterocycles. The molecule has 42 valence electrons. The maximum atomic E-state index is 11.8. The number of halogens is 1. The molecule has 0 saturated carbocycles. The van der Waals surface area contributed by atoms with Crippen molar-refractivity contribution in [2.75, 3.05) is 0 Å². The molecule has 0 aromatic carbocycles. The molecule has 1 N–H and O–H groups in total. The van der Waals surface area contributed by atoms with Crippen LogP contribution in [-0.2, 0) is 26.2 Å². The third-order valence-corrected chi connectivity index (χ3v) is 1.26. The largest absolute Gasteiger partial charge is 0.499 e. The smallest absolute Gasteiger partial charge is 0.174 e. The molecule has 0 unspecified atom stereocenters. The van der Waals surface area contributed by atoms with E-state index in [2.05, 4.69) is 0 Å². The summed E-state index contributed by atoms with van der Waals surface area (Å²) in [6, 6.07) is 1.07. The summed E-state index contributed by atoms with van der Waals surface area (Å²) in [6.45, 7) is 0. The van der Waals surface area contributed by atoms with Gasteiger partial charge in [0, 0.05) is 37.6 Å². The van der Waals surface area contributed by atoms with Crippen molar-refractivity contribution in [1.29, 1.82) is 0 Å². The fourth-order valence-electron chi connectivity index (χ4n) is 0.303. The summed E-state index contributed by atoms with van der Waals surface area (Å²) in [6.07, 6.45) is 0. The van der Waals surface area contributed by atoms with Crippen LogP contribution in [0.1, 0.15) is 0 Å². The van der Waals surface area contributed by atoms with Gasteiger partial charge in [-0.2, -0.15) is 0 Å². The molecule has 0 fully saturated rings. The molecule has 0 amide bonds. The molecule has 1 nitrogen and oxygen atoms in total. The predicted octanol–water partition coefficient (Wildman–Crippen LogP) is 1.59. The Morgan fingerprint density at radius 3 is 2.38 bits per heavy atom. The summed E-state index contributed by atoms with van der Waals surface area (Å²) in [7, 11) is 0. The number of hydrogen-bond acceptors (Lipinski definition) is 2. The van der Waals surface area contributed by atoms with Crippen molar-refractivity contribution < 1.29 is 35.7 Å². The number of rotatable bonds is 0. The van der Waals surface area contributed by atoms with Crippen molar-refractivity contribution >= 4 is 11.3 Å². The van der Waals surface area contributed by atoms with E-state index in [1.54, 1.807) is 0 Å². The van der Waals surface area contributed by atoms with Gasteiger partial charge in [-0.15, -0.1) is 11.3 Å². The van der Waals surface area contributed by atoms with E-state index in [0.717, 1.165) is 17.4 Å². The van der Waals surface area contributed by atoms with Crippen LogP contribution in [0.3, 0.4) is 0 Å². The first-order valence-electron chi connectivity index (χ1n) is 1.72. The van der Waals surface area contributed by atoms with Gasteiger partial charge in [0.25, 0.3) is 0 Å². The fraction of sp³-hybridized carbons (Fsp3) is 0. The Bertz CT molecular complexity index is 148. The molecule has 8 heavy (non-hydrogen) atoms. The number of aromatic hydroxyl groups is 1.